The zero-order chi connectivity index (χ0) is 12.3. The van der Waals surface area contributed by atoms with Crippen LogP contribution in [0, 0.1) is 0 Å². The third-order valence-corrected chi connectivity index (χ3v) is 2.31. The third kappa shape index (κ3) is 2.30. The van der Waals surface area contributed by atoms with Crippen LogP contribution < -0.4 is 15.2 Å². The molecule has 90 valence electrons. The first kappa shape index (κ1) is 11.3. The van der Waals surface area contributed by atoms with Crippen molar-refractivity contribution >= 4 is 5.69 Å². The standard InChI is InChI=1S/C11H14N4O2/c1-3-15-11(7-13-14-15)17-10-5-4-8(16-2)6-9(10)12/h4-7H,3,12H2,1-2H3. The number of nitrogens with zero attached hydrogens (tertiary/aromatic N) is 3. The van der Waals surface area contributed by atoms with Crippen molar-refractivity contribution in [3.8, 4) is 17.4 Å². The maximum atomic E-state index is 5.85. The lowest BCUT2D eigenvalue weighted by Gasteiger charge is -2.09. The first-order valence-electron chi connectivity index (χ1n) is 5.24. The number of ether oxygens (including phenoxy) is 2. The first-order chi connectivity index (χ1) is 8.24. The van der Waals surface area contributed by atoms with Crippen molar-refractivity contribution in [1.29, 1.82) is 0 Å². The van der Waals surface area contributed by atoms with Crippen LogP contribution in [0.3, 0.4) is 0 Å². The van der Waals surface area contributed by atoms with E-state index in [-0.39, 0.29) is 0 Å². The Kier molecular flexibility index (Phi) is 3.13. The Labute approximate surface area is 98.9 Å². The van der Waals surface area contributed by atoms with Gasteiger partial charge in [0, 0.05) is 12.6 Å². The zero-order valence-electron chi connectivity index (χ0n) is 9.75. The largest absolute Gasteiger partial charge is 0.497 e. The molecule has 1 heterocycles. The zero-order valence-corrected chi connectivity index (χ0v) is 9.75. The second-order valence-electron chi connectivity index (χ2n) is 3.39. The van der Waals surface area contributed by atoms with Crippen molar-refractivity contribution < 1.29 is 9.47 Å². The van der Waals surface area contributed by atoms with Crippen LogP contribution in [0.15, 0.2) is 24.4 Å². The fraction of sp³-hybridized carbons (Fsp3) is 0.273. The highest BCUT2D eigenvalue weighted by Crippen LogP contribution is 2.29. The van der Waals surface area contributed by atoms with Crippen molar-refractivity contribution in [3.05, 3.63) is 24.4 Å². The lowest BCUT2D eigenvalue weighted by Crippen LogP contribution is -2.01. The third-order valence-electron chi connectivity index (χ3n) is 2.31. The molecule has 6 nitrogen and oxygen atoms in total. The number of methoxy groups -OCH3 is 1. The summed E-state index contributed by atoms with van der Waals surface area (Å²) in [6, 6.07) is 5.24. The van der Waals surface area contributed by atoms with Crippen molar-refractivity contribution in [2.45, 2.75) is 13.5 Å². The Bertz CT molecular complexity index is 510. The second kappa shape index (κ2) is 4.73. The van der Waals surface area contributed by atoms with Gasteiger partial charge in [0.25, 0.3) is 0 Å². The Morgan fingerprint density at radius 1 is 1.41 bits per heavy atom. The smallest absolute Gasteiger partial charge is 0.238 e. The van der Waals surface area contributed by atoms with E-state index in [0.717, 1.165) is 0 Å². The van der Waals surface area contributed by atoms with Gasteiger partial charge in [-0.15, -0.1) is 5.10 Å². The van der Waals surface area contributed by atoms with Gasteiger partial charge in [-0.2, -0.15) is 0 Å². The Morgan fingerprint density at radius 3 is 2.88 bits per heavy atom. The van der Waals surface area contributed by atoms with Gasteiger partial charge in [-0.05, 0) is 19.1 Å². The summed E-state index contributed by atoms with van der Waals surface area (Å²) >= 11 is 0. The average Bonchev–Trinajstić information content (AvgIpc) is 2.79. The molecule has 0 spiro atoms. The quantitative estimate of drug-likeness (QED) is 0.814. The van der Waals surface area contributed by atoms with Crippen LogP contribution in [-0.2, 0) is 6.54 Å². The number of nitrogen functional groups attached to an aromatic ring is 1. The number of benzene rings is 1. The van der Waals surface area contributed by atoms with Crippen molar-refractivity contribution in [3.63, 3.8) is 0 Å². The maximum absolute atomic E-state index is 5.85. The van der Waals surface area contributed by atoms with Gasteiger partial charge in [-0.3, -0.25) is 0 Å². The van der Waals surface area contributed by atoms with E-state index in [2.05, 4.69) is 10.3 Å². The van der Waals surface area contributed by atoms with E-state index in [1.807, 2.05) is 6.92 Å². The van der Waals surface area contributed by atoms with Gasteiger partial charge in [0.05, 0.1) is 12.8 Å². The minimum absolute atomic E-state index is 0.508. The molecule has 1 aromatic carbocycles. The van der Waals surface area contributed by atoms with Gasteiger partial charge in [-0.1, -0.05) is 5.21 Å². The number of hydrogen-bond donors (Lipinski definition) is 1. The SMILES string of the molecule is CCn1nncc1Oc1ccc(OC)cc1N. The number of aromatic nitrogens is 3. The average molecular weight is 234 g/mol. The maximum Gasteiger partial charge on any atom is 0.238 e. The molecule has 0 saturated heterocycles. The molecule has 0 amide bonds. The summed E-state index contributed by atoms with van der Waals surface area (Å²) in [5.74, 6) is 1.81. The number of rotatable bonds is 4. The molecule has 1 aromatic heterocycles. The van der Waals surface area contributed by atoms with Gasteiger partial charge in [-0.25, -0.2) is 4.68 Å². The molecule has 2 rings (SSSR count). The van der Waals surface area contributed by atoms with E-state index in [4.69, 9.17) is 15.2 Å². The summed E-state index contributed by atoms with van der Waals surface area (Å²) in [6.45, 7) is 2.64. The molecule has 0 bridgehead atoms. The van der Waals surface area contributed by atoms with E-state index in [1.165, 1.54) is 0 Å². The fourth-order valence-electron chi connectivity index (χ4n) is 1.41. The molecule has 0 aliphatic heterocycles. The number of anilines is 1. The number of hydrogen-bond acceptors (Lipinski definition) is 5. The van der Waals surface area contributed by atoms with E-state index in [1.54, 1.807) is 36.2 Å². The van der Waals surface area contributed by atoms with Gasteiger partial charge < -0.3 is 15.2 Å². The molecule has 0 unspecified atom stereocenters. The molecule has 2 aromatic rings. The van der Waals surface area contributed by atoms with Crippen LogP contribution in [-0.4, -0.2) is 22.1 Å². The summed E-state index contributed by atoms with van der Waals surface area (Å²) in [4.78, 5) is 0. The lowest BCUT2D eigenvalue weighted by atomic mass is 10.3. The molecule has 0 aliphatic rings. The highest BCUT2D eigenvalue weighted by Gasteiger charge is 2.08. The van der Waals surface area contributed by atoms with Gasteiger partial charge in [0.1, 0.15) is 11.9 Å². The van der Waals surface area contributed by atoms with Crippen LogP contribution in [0.1, 0.15) is 6.92 Å². The minimum Gasteiger partial charge on any atom is -0.497 e. The predicted molar refractivity (Wildman–Crippen MR) is 63.2 cm³/mol. The van der Waals surface area contributed by atoms with Crippen LogP contribution in [0.2, 0.25) is 0 Å². The Hall–Kier alpha value is -2.24. The van der Waals surface area contributed by atoms with Gasteiger partial charge >= 0.3 is 0 Å². The predicted octanol–water partition coefficient (Wildman–Crippen LogP) is 1.68. The van der Waals surface area contributed by atoms with E-state index < -0.39 is 0 Å². The molecular weight excluding hydrogens is 220 g/mol. The monoisotopic (exact) mass is 234 g/mol. The molecular formula is C11H14N4O2. The van der Waals surface area contributed by atoms with Crippen LogP contribution in [0.5, 0.6) is 17.4 Å². The highest BCUT2D eigenvalue weighted by atomic mass is 16.5. The van der Waals surface area contributed by atoms with E-state index in [0.29, 0.717) is 29.6 Å². The summed E-state index contributed by atoms with van der Waals surface area (Å²) in [5.41, 5.74) is 6.36. The summed E-state index contributed by atoms with van der Waals surface area (Å²) in [5, 5.41) is 7.65. The fourth-order valence-corrected chi connectivity index (χ4v) is 1.41. The van der Waals surface area contributed by atoms with Gasteiger partial charge in [0.15, 0.2) is 5.75 Å². The van der Waals surface area contributed by atoms with E-state index in [9.17, 15) is 0 Å². The molecule has 0 radical (unpaired) electrons. The topological polar surface area (TPSA) is 75.2 Å². The lowest BCUT2D eigenvalue weighted by molar-refractivity contribution is 0.406. The van der Waals surface area contributed by atoms with E-state index >= 15 is 0 Å². The Balaban J connectivity index is 2.24. The summed E-state index contributed by atoms with van der Waals surface area (Å²) in [6.07, 6.45) is 1.55. The summed E-state index contributed by atoms with van der Waals surface area (Å²) in [7, 11) is 1.59. The molecule has 6 heteroatoms. The summed E-state index contributed by atoms with van der Waals surface area (Å²) < 4.78 is 12.3. The molecule has 0 fully saturated rings. The highest BCUT2D eigenvalue weighted by molar-refractivity contribution is 5.57. The van der Waals surface area contributed by atoms with Crippen LogP contribution in [0.25, 0.3) is 0 Å². The molecule has 17 heavy (non-hydrogen) atoms. The molecule has 0 aliphatic carbocycles. The van der Waals surface area contributed by atoms with Crippen molar-refractivity contribution in [1.82, 2.24) is 15.0 Å². The number of aryl methyl sites for hydroxylation is 1. The first-order valence-corrected chi connectivity index (χ1v) is 5.24. The molecule has 2 N–H and O–H groups in total. The van der Waals surface area contributed by atoms with Crippen LogP contribution in [0.4, 0.5) is 5.69 Å². The van der Waals surface area contributed by atoms with Crippen molar-refractivity contribution in [2.24, 2.45) is 0 Å². The minimum atomic E-state index is 0.508. The molecule has 0 saturated carbocycles. The van der Waals surface area contributed by atoms with Gasteiger partial charge in [0.2, 0.25) is 5.88 Å². The van der Waals surface area contributed by atoms with Crippen LogP contribution >= 0.6 is 0 Å². The Morgan fingerprint density at radius 2 is 2.24 bits per heavy atom. The number of nitrogens with two attached hydrogens (primary N) is 1. The second-order valence-corrected chi connectivity index (χ2v) is 3.39. The molecule has 0 atom stereocenters. The van der Waals surface area contributed by atoms with Crippen molar-refractivity contribution in [2.75, 3.05) is 12.8 Å². The normalized spacial score (nSPS) is 10.2.